The predicted octanol–water partition coefficient (Wildman–Crippen LogP) is 4.32. The van der Waals surface area contributed by atoms with Crippen molar-refractivity contribution in [3.63, 3.8) is 0 Å². The Morgan fingerprint density at radius 3 is 2.38 bits per heavy atom. The van der Waals surface area contributed by atoms with Crippen molar-refractivity contribution in [2.75, 3.05) is 6.54 Å². The molecule has 1 aromatic carbocycles. The molecular formula is C15H23Cl2NO2S. The lowest BCUT2D eigenvalue weighted by molar-refractivity contribution is 0.445. The number of rotatable bonds is 8. The van der Waals surface area contributed by atoms with Crippen LogP contribution in [0.2, 0.25) is 10.0 Å². The van der Waals surface area contributed by atoms with E-state index in [0.717, 1.165) is 19.4 Å². The summed E-state index contributed by atoms with van der Waals surface area (Å²) in [7, 11) is -3.53. The quantitative estimate of drug-likeness (QED) is 0.758. The summed E-state index contributed by atoms with van der Waals surface area (Å²) in [5.74, 6) is 0. The largest absolute Gasteiger partial charge is 0.313 e. The fraction of sp³-hybridized carbons (Fsp3) is 0.600. The van der Waals surface area contributed by atoms with Gasteiger partial charge in [0, 0.05) is 11.1 Å². The molecule has 0 fully saturated rings. The summed E-state index contributed by atoms with van der Waals surface area (Å²) in [6.07, 6.45) is 2.26. The fourth-order valence-corrected chi connectivity index (χ4v) is 5.31. The first-order valence-electron chi connectivity index (χ1n) is 7.30. The molecule has 0 aliphatic heterocycles. The second-order valence-corrected chi connectivity index (χ2v) is 8.00. The molecule has 0 heterocycles. The highest BCUT2D eigenvalue weighted by Crippen LogP contribution is 2.30. The fourth-order valence-electron chi connectivity index (χ4n) is 2.57. The van der Waals surface area contributed by atoms with Crippen LogP contribution in [0.3, 0.4) is 0 Å². The summed E-state index contributed by atoms with van der Waals surface area (Å²) >= 11 is 12.0. The lowest BCUT2D eigenvalue weighted by Gasteiger charge is -2.27. The molecule has 0 radical (unpaired) electrons. The van der Waals surface area contributed by atoms with Crippen LogP contribution in [0.15, 0.2) is 23.1 Å². The second-order valence-electron chi connectivity index (χ2n) is 5.02. The van der Waals surface area contributed by atoms with E-state index in [1.54, 1.807) is 6.07 Å². The van der Waals surface area contributed by atoms with E-state index in [1.165, 1.54) is 12.1 Å². The first-order valence-corrected chi connectivity index (χ1v) is 9.60. The summed E-state index contributed by atoms with van der Waals surface area (Å²) in [5, 5.41) is 3.39. The minimum atomic E-state index is -3.53. The van der Waals surface area contributed by atoms with Gasteiger partial charge < -0.3 is 5.32 Å². The number of sulfone groups is 1. The maximum atomic E-state index is 12.9. The van der Waals surface area contributed by atoms with E-state index in [-0.39, 0.29) is 16.0 Å². The first-order chi connectivity index (χ1) is 9.88. The van der Waals surface area contributed by atoms with Gasteiger partial charge in [0.2, 0.25) is 0 Å². The van der Waals surface area contributed by atoms with Crippen LogP contribution in [0, 0.1) is 0 Å². The number of halogens is 2. The van der Waals surface area contributed by atoms with Crippen LogP contribution in [-0.4, -0.2) is 26.3 Å². The lowest BCUT2D eigenvalue weighted by Crippen LogP contribution is -2.44. The van der Waals surface area contributed by atoms with E-state index in [4.69, 9.17) is 23.2 Å². The smallest absolute Gasteiger partial charge is 0.184 e. The van der Waals surface area contributed by atoms with Gasteiger partial charge in [-0.2, -0.15) is 0 Å². The van der Waals surface area contributed by atoms with Crippen molar-refractivity contribution < 1.29 is 8.42 Å². The molecule has 0 saturated heterocycles. The molecule has 120 valence electrons. The Morgan fingerprint density at radius 1 is 1.19 bits per heavy atom. The Bertz CT molecular complexity index is 555. The van der Waals surface area contributed by atoms with Crippen LogP contribution in [0.5, 0.6) is 0 Å². The average molecular weight is 352 g/mol. The van der Waals surface area contributed by atoms with E-state index in [9.17, 15) is 8.42 Å². The zero-order chi connectivity index (χ0) is 16.0. The predicted molar refractivity (Wildman–Crippen MR) is 90.1 cm³/mol. The zero-order valence-electron chi connectivity index (χ0n) is 12.7. The summed E-state index contributed by atoms with van der Waals surface area (Å²) in [6.45, 7) is 6.66. The Balaban J connectivity index is 3.26. The molecule has 0 aliphatic rings. The van der Waals surface area contributed by atoms with Crippen LogP contribution in [-0.2, 0) is 9.84 Å². The van der Waals surface area contributed by atoms with Crippen molar-refractivity contribution in [3.8, 4) is 0 Å². The van der Waals surface area contributed by atoms with Crippen molar-refractivity contribution in [1.29, 1.82) is 0 Å². The number of hydrogen-bond acceptors (Lipinski definition) is 3. The van der Waals surface area contributed by atoms with Gasteiger partial charge in [0.1, 0.15) is 0 Å². The van der Waals surface area contributed by atoms with Crippen LogP contribution < -0.4 is 5.32 Å². The molecule has 6 heteroatoms. The van der Waals surface area contributed by atoms with Crippen molar-refractivity contribution in [1.82, 2.24) is 5.32 Å². The van der Waals surface area contributed by atoms with Crippen molar-refractivity contribution in [2.45, 2.75) is 56.2 Å². The molecule has 0 saturated carbocycles. The summed E-state index contributed by atoms with van der Waals surface area (Å²) in [4.78, 5) is 0.127. The van der Waals surface area contributed by atoms with Crippen LogP contribution in [0.1, 0.15) is 40.0 Å². The molecule has 3 nitrogen and oxygen atoms in total. The normalized spacial score (nSPS) is 14.9. The first kappa shape index (κ1) is 18.8. The molecule has 0 aliphatic carbocycles. The molecule has 2 unspecified atom stereocenters. The van der Waals surface area contributed by atoms with Gasteiger partial charge in [-0.05, 0) is 37.6 Å². The molecule has 1 rings (SSSR count). The van der Waals surface area contributed by atoms with Gasteiger partial charge >= 0.3 is 0 Å². The van der Waals surface area contributed by atoms with Gasteiger partial charge in [0.15, 0.2) is 9.84 Å². The van der Waals surface area contributed by atoms with Gasteiger partial charge in [-0.25, -0.2) is 8.42 Å². The molecule has 2 atom stereocenters. The summed E-state index contributed by atoms with van der Waals surface area (Å²) < 4.78 is 25.9. The third kappa shape index (κ3) is 4.59. The van der Waals surface area contributed by atoms with Crippen molar-refractivity contribution in [3.05, 3.63) is 28.2 Å². The van der Waals surface area contributed by atoms with E-state index in [2.05, 4.69) is 12.2 Å². The summed E-state index contributed by atoms with van der Waals surface area (Å²) in [5.41, 5.74) is 0. The number of benzene rings is 1. The van der Waals surface area contributed by atoms with E-state index >= 15 is 0 Å². The molecule has 1 N–H and O–H groups in total. The molecule has 0 aromatic heterocycles. The topological polar surface area (TPSA) is 46.2 Å². The van der Waals surface area contributed by atoms with Gasteiger partial charge in [-0.15, -0.1) is 0 Å². The molecule has 21 heavy (non-hydrogen) atoms. The van der Waals surface area contributed by atoms with Crippen LogP contribution in [0.4, 0.5) is 0 Å². The molecular weight excluding hydrogens is 329 g/mol. The monoisotopic (exact) mass is 351 g/mol. The third-order valence-electron chi connectivity index (χ3n) is 3.52. The molecule has 1 aromatic rings. The van der Waals surface area contributed by atoms with Gasteiger partial charge in [-0.3, -0.25) is 0 Å². The Kier molecular flexibility index (Phi) is 7.48. The van der Waals surface area contributed by atoms with Crippen molar-refractivity contribution >= 4 is 33.0 Å². The highest BCUT2D eigenvalue weighted by molar-refractivity contribution is 7.92. The van der Waals surface area contributed by atoms with Gasteiger partial charge in [0.25, 0.3) is 0 Å². The number of nitrogens with one attached hydrogen (secondary N) is 1. The van der Waals surface area contributed by atoms with Crippen LogP contribution >= 0.6 is 23.2 Å². The maximum Gasteiger partial charge on any atom is 0.184 e. The molecule has 0 amide bonds. The Hall–Kier alpha value is -0.290. The SMILES string of the molecule is CCCC(NCC)C(CC)S(=O)(=O)c1cc(Cl)ccc1Cl. The Morgan fingerprint density at radius 2 is 1.86 bits per heavy atom. The minimum absolute atomic E-state index is 0.0787. The van der Waals surface area contributed by atoms with Crippen molar-refractivity contribution in [2.24, 2.45) is 0 Å². The van der Waals surface area contributed by atoms with E-state index < -0.39 is 15.1 Å². The Labute approximate surface area is 137 Å². The lowest BCUT2D eigenvalue weighted by atomic mass is 10.1. The third-order valence-corrected chi connectivity index (χ3v) is 6.60. The minimum Gasteiger partial charge on any atom is -0.313 e. The van der Waals surface area contributed by atoms with E-state index in [0.29, 0.717) is 11.4 Å². The summed E-state index contributed by atoms with van der Waals surface area (Å²) in [6, 6.07) is 4.49. The van der Waals surface area contributed by atoms with E-state index in [1.807, 2.05) is 13.8 Å². The highest BCUT2D eigenvalue weighted by atomic mass is 35.5. The average Bonchev–Trinajstić information content (AvgIpc) is 2.42. The number of hydrogen-bond donors (Lipinski definition) is 1. The van der Waals surface area contributed by atoms with Gasteiger partial charge in [-0.1, -0.05) is 50.4 Å². The second kappa shape index (κ2) is 8.37. The highest BCUT2D eigenvalue weighted by Gasteiger charge is 2.34. The van der Waals surface area contributed by atoms with Crippen LogP contribution in [0.25, 0.3) is 0 Å². The maximum absolute atomic E-state index is 12.9. The molecule has 0 spiro atoms. The molecule has 0 bridgehead atoms. The van der Waals surface area contributed by atoms with Gasteiger partial charge in [0.05, 0.1) is 15.2 Å². The standard InChI is InChI=1S/C15H23Cl2NO2S/c1-4-7-13(18-6-3)14(5-2)21(19,20)15-10-11(16)8-9-12(15)17/h8-10,13-14,18H,4-7H2,1-3H3. The zero-order valence-corrected chi connectivity index (χ0v) is 15.0.